The fourth-order valence-electron chi connectivity index (χ4n) is 3.50. The Balaban J connectivity index is 1.49. The number of hydrogen-bond donors (Lipinski definition) is 0. The van der Waals surface area contributed by atoms with Crippen LogP contribution in [-0.2, 0) is 16.0 Å². The van der Waals surface area contributed by atoms with Gasteiger partial charge in [0.05, 0.1) is 5.92 Å². The van der Waals surface area contributed by atoms with Crippen molar-refractivity contribution < 1.29 is 9.59 Å². The monoisotopic (exact) mass is 301 g/mol. The molecule has 22 heavy (non-hydrogen) atoms. The van der Waals surface area contributed by atoms with E-state index in [1.807, 2.05) is 17.2 Å². The highest BCUT2D eigenvalue weighted by molar-refractivity contribution is 5.89. The summed E-state index contributed by atoms with van der Waals surface area (Å²) in [5, 5.41) is 0. The van der Waals surface area contributed by atoms with E-state index in [4.69, 9.17) is 0 Å². The number of carbonyl (C=O) groups is 2. The van der Waals surface area contributed by atoms with Crippen molar-refractivity contribution in [2.45, 2.75) is 25.7 Å². The molecule has 1 unspecified atom stereocenters. The first-order valence-electron chi connectivity index (χ1n) is 8.05. The molecule has 5 heteroatoms. The van der Waals surface area contributed by atoms with Gasteiger partial charge in [0, 0.05) is 45.5 Å². The Morgan fingerprint density at radius 2 is 2.14 bits per heavy atom. The van der Waals surface area contributed by atoms with Crippen LogP contribution in [-0.4, -0.2) is 53.3 Å². The molecule has 0 N–H and O–H groups in total. The third kappa shape index (κ3) is 3.29. The molecular weight excluding hydrogens is 278 g/mol. The number of piperidine rings is 1. The van der Waals surface area contributed by atoms with Gasteiger partial charge in [0.1, 0.15) is 0 Å². The highest BCUT2D eigenvalue weighted by Gasteiger charge is 2.35. The summed E-state index contributed by atoms with van der Waals surface area (Å²) in [4.78, 5) is 31.8. The van der Waals surface area contributed by atoms with Crippen LogP contribution in [0.5, 0.6) is 0 Å². The average Bonchev–Trinajstić information content (AvgIpc) is 2.88. The van der Waals surface area contributed by atoms with Crippen LogP contribution in [0.25, 0.3) is 0 Å². The van der Waals surface area contributed by atoms with Gasteiger partial charge in [-0.25, -0.2) is 0 Å². The fourth-order valence-corrected chi connectivity index (χ4v) is 3.50. The summed E-state index contributed by atoms with van der Waals surface area (Å²) >= 11 is 0. The molecule has 3 rings (SSSR count). The molecule has 1 atom stereocenters. The Morgan fingerprint density at radius 1 is 1.36 bits per heavy atom. The van der Waals surface area contributed by atoms with E-state index in [0.29, 0.717) is 18.9 Å². The summed E-state index contributed by atoms with van der Waals surface area (Å²) in [6.45, 7) is 2.21. The molecule has 5 nitrogen and oxygen atoms in total. The van der Waals surface area contributed by atoms with Crippen LogP contribution in [0.2, 0.25) is 0 Å². The van der Waals surface area contributed by atoms with Crippen LogP contribution >= 0.6 is 0 Å². The number of likely N-dealkylation sites (tertiary alicyclic amines) is 2. The first-order chi connectivity index (χ1) is 10.6. The SMILES string of the molecule is CN1CC(C(=O)N2CCC(Cc3cccnc3)CC2)CC1=O. The molecule has 0 aromatic carbocycles. The van der Waals surface area contributed by atoms with Crippen LogP contribution in [0.3, 0.4) is 0 Å². The molecule has 2 fully saturated rings. The Morgan fingerprint density at radius 3 is 2.73 bits per heavy atom. The lowest BCUT2D eigenvalue weighted by Crippen LogP contribution is -2.42. The Labute approximate surface area is 131 Å². The molecule has 2 aliphatic heterocycles. The molecular formula is C17H23N3O2. The van der Waals surface area contributed by atoms with Crippen LogP contribution in [0.1, 0.15) is 24.8 Å². The minimum absolute atomic E-state index is 0.0878. The summed E-state index contributed by atoms with van der Waals surface area (Å²) in [7, 11) is 1.77. The molecule has 0 bridgehead atoms. The molecule has 1 aromatic heterocycles. The molecule has 2 saturated heterocycles. The zero-order valence-electron chi connectivity index (χ0n) is 13.1. The molecule has 3 heterocycles. The minimum Gasteiger partial charge on any atom is -0.345 e. The first-order valence-corrected chi connectivity index (χ1v) is 8.05. The topological polar surface area (TPSA) is 53.5 Å². The standard InChI is InChI=1S/C17H23N3O2/c1-19-12-15(10-16(19)21)17(22)20-7-4-13(5-8-20)9-14-3-2-6-18-11-14/h2-3,6,11,13,15H,4-5,7-10,12H2,1H3. The highest BCUT2D eigenvalue weighted by atomic mass is 16.2. The number of hydrogen-bond acceptors (Lipinski definition) is 3. The zero-order chi connectivity index (χ0) is 15.5. The molecule has 2 aliphatic rings. The number of rotatable bonds is 3. The maximum atomic E-state index is 12.5. The van der Waals surface area contributed by atoms with Gasteiger partial charge in [-0.3, -0.25) is 14.6 Å². The average molecular weight is 301 g/mol. The zero-order valence-corrected chi connectivity index (χ0v) is 13.1. The van der Waals surface area contributed by atoms with Crippen LogP contribution < -0.4 is 0 Å². The van der Waals surface area contributed by atoms with Gasteiger partial charge < -0.3 is 9.80 Å². The highest BCUT2D eigenvalue weighted by Crippen LogP contribution is 2.25. The van der Waals surface area contributed by atoms with Crippen molar-refractivity contribution >= 4 is 11.8 Å². The molecule has 0 radical (unpaired) electrons. The molecule has 0 saturated carbocycles. The van der Waals surface area contributed by atoms with E-state index in [2.05, 4.69) is 11.1 Å². The number of amides is 2. The Hall–Kier alpha value is -1.91. The quantitative estimate of drug-likeness (QED) is 0.846. The van der Waals surface area contributed by atoms with Gasteiger partial charge in [0.2, 0.25) is 11.8 Å². The lowest BCUT2D eigenvalue weighted by Gasteiger charge is -2.33. The maximum absolute atomic E-state index is 12.5. The second kappa shape index (κ2) is 6.46. The van der Waals surface area contributed by atoms with Crippen molar-refractivity contribution in [3.05, 3.63) is 30.1 Å². The third-order valence-corrected chi connectivity index (χ3v) is 4.86. The van der Waals surface area contributed by atoms with Gasteiger partial charge in [-0.15, -0.1) is 0 Å². The van der Waals surface area contributed by atoms with Crippen LogP contribution in [0, 0.1) is 11.8 Å². The smallest absolute Gasteiger partial charge is 0.227 e. The first kappa shape index (κ1) is 15.0. The van der Waals surface area contributed by atoms with E-state index in [9.17, 15) is 9.59 Å². The van der Waals surface area contributed by atoms with E-state index >= 15 is 0 Å². The van der Waals surface area contributed by atoms with Crippen molar-refractivity contribution in [1.82, 2.24) is 14.8 Å². The van der Waals surface area contributed by atoms with Crippen molar-refractivity contribution in [2.24, 2.45) is 11.8 Å². The van der Waals surface area contributed by atoms with E-state index < -0.39 is 0 Å². The molecule has 2 amide bonds. The molecule has 0 aliphatic carbocycles. The Bertz CT molecular complexity index is 538. The predicted octanol–water partition coefficient (Wildman–Crippen LogP) is 1.34. The van der Waals surface area contributed by atoms with Crippen molar-refractivity contribution in [1.29, 1.82) is 0 Å². The van der Waals surface area contributed by atoms with E-state index in [0.717, 1.165) is 32.4 Å². The number of nitrogens with zero attached hydrogens (tertiary/aromatic N) is 3. The van der Waals surface area contributed by atoms with Gasteiger partial charge in [-0.05, 0) is 36.8 Å². The summed E-state index contributed by atoms with van der Waals surface area (Å²) in [5.41, 5.74) is 1.27. The van der Waals surface area contributed by atoms with Gasteiger partial charge >= 0.3 is 0 Å². The van der Waals surface area contributed by atoms with Gasteiger partial charge in [-0.2, -0.15) is 0 Å². The Kier molecular flexibility index (Phi) is 4.41. The van der Waals surface area contributed by atoms with Crippen LogP contribution in [0.15, 0.2) is 24.5 Å². The second-order valence-electron chi connectivity index (χ2n) is 6.51. The van der Waals surface area contributed by atoms with Crippen molar-refractivity contribution in [2.75, 3.05) is 26.7 Å². The normalized spacial score (nSPS) is 23.1. The number of aromatic nitrogens is 1. The molecule has 118 valence electrons. The molecule has 1 aromatic rings. The minimum atomic E-state index is -0.132. The summed E-state index contributed by atoms with van der Waals surface area (Å²) in [6.07, 6.45) is 7.22. The van der Waals surface area contributed by atoms with E-state index in [1.165, 1.54) is 5.56 Å². The third-order valence-electron chi connectivity index (χ3n) is 4.86. The lowest BCUT2D eigenvalue weighted by molar-refractivity contribution is -0.137. The van der Waals surface area contributed by atoms with Gasteiger partial charge in [0.15, 0.2) is 0 Å². The van der Waals surface area contributed by atoms with Gasteiger partial charge in [-0.1, -0.05) is 6.07 Å². The lowest BCUT2D eigenvalue weighted by atomic mass is 9.90. The fraction of sp³-hybridized carbons (Fsp3) is 0.588. The van der Waals surface area contributed by atoms with E-state index in [-0.39, 0.29) is 17.7 Å². The summed E-state index contributed by atoms with van der Waals surface area (Å²) in [6, 6.07) is 4.09. The summed E-state index contributed by atoms with van der Waals surface area (Å²) in [5.74, 6) is 0.746. The van der Waals surface area contributed by atoms with Crippen molar-refractivity contribution in [3.63, 3.8) is 0 Å². The van der Waals surface area contributed by atoms with E-state index in [1.54, 1.807) is 18.1 Å². The van der Waals surface area contributed by atoms with Crippen molar-refractivity contribution in [3.8, 4) is 0 Å². The summed E-state index contributed by atoms with van der Waals surface area (Å²) < 4.78 is 0. The predicted molar refractivity (Wildman–Crippen MR) is 83.0 cm³/mol. The number of pyridine rings is 1. The number of carbonyl (C=O) groups excluding carboxylic acids is 2. The largest absolute Gasteiger partial charge is 0.345 e. The second-order valence-corrected chi connectivity index (χ2v) is 6.51. The van der Waals surface area contributed by atoms with Crippen LogP contribution in [0.4, 0.5) is 0 Å². The van der Waals surface area contributed by atoms with Gasteiger partial charge in [0.25, 0.3) is 0 Å². The maximum Gasteiger partial charge on any atom is 0.227 e. The molecule has 0 spiro atoms.